The van der Waals surface area contributed by atoms with Gasteiger partial charge in [-0.1, -0.05) is 30.9 Å². The van der Waals surface area contributed by atoms with E-state index in [1.54, 1.807) is 36.4 Å². The van der Waals surface area contributed by atoms with Crippen molar-refractivity contribution in [1.82, 2.24) is 5.32 Å². The third-order valence-electron chi connectivity index (χ3n) is 2.68. The van der Waals surface area contributed by atoms with Gasteiger partial charge in [0.2, 0.25) is 5.91 Å². The molecule has 0 unspecified atom stereocenters. The van der Waals surface area contributed by atoms with Crippen LogP contribution in [0.4, 0.5) is 0 Å². The molecule has 0 spiro atoms. The molecule has 1 atom stereocenters. The lowest BCUT2D eigenvalue weighted by Gasteiger charge is -2.12. The van der Waals surface area contributed by atoms with Gasteiger partial charge in [0, 0.05) is 5.70 Å². The molecule has 106 valence electrons. The number of benzene rings is 1. The van der Waals surface area contributed by atoms with Crippen LogP contribution in [0.25, 0.3) is 0 Å². The molecule has 4 heteroatoms. The molecule has 0 aromatic heterocycles. The van der Waals surface area contributed by atoms with Crippen molar-refractivity contribution in [2.75, 3.05) is 0 Å². The third kappa shape index (κ3) is 5.12. The average molecular weight is 272 g/mol. The predicted octanol–water partition coefficient (Wildman–Crippen LogP) is 2.02. The molecule has 0 saturated heterocycles. The maximum Gasteiger partial charge on any atom is 0.241 e. The van der Waals surface area contributed by atoms with Gasteiger partial charge in [-0.15, -0.1) is 0 Å². The fourth-order valence-electron chi connectivity index (χ4n) is 1.57. The second-order valence-electron chi connectivity index (χ2n) is 4.32. The first-order valence-corrected chi connectivity index (χ1v) is 6.36. The number of phenols is 1. The van der Waals surface area contributed by atoms with Crippen molar-refractivity contribution < 1.29 is 9.90 Å². The number of phenolic OH excluding ortho intramolecular Hbond substituents is 1. The van der Waals surface area contributed by atoms with E-state index in [0.717, 1.165) is 5.56 Å². The molecule has 1 amide bonds. The standard InChI is InChI=1S/C16H20N2O2/c1-3-5-6-13(4-2)18-16(20)15(17)11-12-7-9-14(19)10-8-12/h3-10,15,19H,2,11,17H2,1H3,(H,18,20)/b5-3-,13-6+/t15-/m0/s1. The van der Waals surface area contributed by atoms with Crippen LogP contribution >= 0.6 is 0 Å². The number of amides is 1. The van der Waals surface area contributed by atoms with Gasteiger partial charge in [0.05, 0.1) is 6.04 Å². The topological polar surface area (TPSA) is 75.4 Å². The summed E-state index contributed by atoms with van der Waals surface area (Å²) in [5, 5.41) is 11.9. The quantitative estimate of drug-likeness (QED) is 0.693. The lowest BCUT2D eigenvalue weighted by Crippen LogP contribution is -2.41. The van der Waals surface area contributed by atoms with Crippen LogP contribution in [0, 0.1) is 0 Å². The Morgan fingerprint density at radius 3 is 2.65 bits per heavy atom. The number of carbonyl (C=O) groups is 1. The Labute approximate surface area is 119 Å². The molecule has 0 aliphatic carbocycles. The highest BCUT2D eigenvalue weighted by molar-refractivity contribution is 5.83. The highest BCUT2D eigenvalue weighted by Crippen LogP contribution is 2.11. The van der Waals surface area contributed by atoms with Gasteiger partial charge in [0.1, 0.15) is 5.75 Å². The molecule has 0 aliphatic rings. The van der Waals surface area contributed by atoms with Gasteiger partial charge < -0.3 is 16.2 Å². The van der Waals surface area contributed by atoms with Crippen molar-refractivity contribution in [2.24, 2.45) is 5.73 Å². The molecular weight excluding hydrogens is 252 g/mol. The summed E-state index contributed by atoms with van der Waals surface area (Å²) < 4.78 is 0. The van der Waals surface area contributed by atoms with Crippen LogP contribution in [-0.2, 0) is 11.2 Å². The Morgan fingerprint density at radius 1 is 1.45 bits per heavy atom. The van der Waals surface area contributed by atoms with Crippen LogP contribution in [-0.4, -0.2) is 17.1 Å². The van der Waals surface area contributed by atoms with Crippen LogP contribution in [0.1, 0.15) is 12.5 Å². The molecule has 0 fully saturated rings. The molecular formula is C16H20N2O2. The summed E-state index contributed by atoms with van der Waals surface area (Å²) in [6, 6.07) is 5.97. The van der Waals surface area contributed by atoms with E-state index in [0.29, 0.717) is 12.1 Å². The van der Waals surface area contributed by atoms with Crippen molar-refractivity contribution >= 4 is 5.91 Å². The van der Waals surface area contributed by atoms with Gasteiger partial charge in [-0.2, -0.15) is 0 Å². The number of aromatic hydroxyl groups is 1. The number of rotatable bonds is 6. The van der Waals surface area contributed by atoms with E-state index < -0.39 is 6.04 Å². The van der Waals surface area contributed by atoms with E-state index in [1.807, 2.05) is 19.1 Å². The average Bonchev–Trinajstić information content (AvgIpc) is 2.45. The number of hydrogen-bond donors (Lipinski definition) is 3. The third-order valence-corrected chi connectivity index (χ3v) is 2.68. The SMILES string of the molecule is C=C/C(=C\C=C/C)NC(=O)[C@@H](N)Cc1ccc(O)cc1. The molecule has 20 heavy (non-hydrogen) atoms. The second-order valence-corrected chi connectivity index (χ2v) is 4.32. The lowest BCUT2D eigenvalue weighted by atomic mass is 10.1. The normalized spacial score (nSPS) is 13.2. The van der Waals surface area contributed by atoms with Crippen LogP contribution in [0.2, 0.25) is 0 Å². The molecule has 0 aliphatic heterocycles. The van der Waals surface area contributed by atoms with E-state index in [2.05, 4.69) is 11.9 Å². The van der Waals surface area contributed by atoms with Crippen molar-refractivity contribution in [3.05, 3.63) is 66.4 Å². The van der Waals surface area contributed by atoms with E-state index >= 15 is 0 Å². The summed E-state index contributed by atoms with van der Waals surface area (Å²) in [4.78, 5) is 11.9. The second kappa shape index (κ2) is 7.96. The minimum Gasteiger partial charge on any atom is -0.508 e. The molecule has 0 heterocycles. The zero-order valence-electron chi connectivity index (χ0n) is 11.5. The number of hydrogen-bond acceptors (Lipinski definition) is 3. The Balaban J connectivity index is 2.62. The molecule has 0 saturated carbocycles. The van der Waals surface area contributed by atoms with Gasteiger partial charge in [-0.25, -0.2) is 0 Å². The van der Waals surface area contributed by atoms with E-state index in [-0.39, 0.29) is 11.7 Å². The Bertz CT molecular complexity index is 516. The predicted molar refractivity (Wildman–Crippen MR) is 81.0 cm³/mol. The first-order valence-electron chi connectivity index (χ1n) is 6.36. The summed E-state index contributed by atoms with van der Waals surface area (Å²) in [5.41, 5.74) is 7.36. The largest absolute Gasteiger partial charge is 0.508 e. The number of nitrogens with two attached hydrogens (primary N) is 1. The molecule has 1 aromatic rings. The van der Waals surface area contributed by atoms with E-state index in [4.69, 9.17) is 5.73 Å². The van der Waals surface area contributed by atoms with Gasteiger partial charge in [0.25, 0.3) is 0 Å². The zero-order chi connectivity index (χ0) is 15.0. The molecule has 0 radical (unpaired) electrons. The Kier molecular flexibility index (Phi) is 6.26. The summed E-state index contributed by atoms with van der Waals surface area (Å²) in [6.45, 7) is 5.52. The summed E-state index contributed by atoms with van der Waals surface area (Å²) >= 11 is 0. The van der Waals surface area contributed by atoms with E-state index in [1.165, 1.54) is 0 Å². The Morgan fingerprint density at radius 2 is 2.10 bits per heavy atom. The molecule has 1 aromatic carbocycles. The van der Waals surface area contributed by atoms with Crippen LogP contribution < -0.4 is 11.1 Å². The fraction of sp³-hybridized carbons (Fsp3) is 0.188. The highest BCUT2D eigenvalue weighted by atomic mass is 16.3. The molecule has 0 bridgehead atoms. The summed E-state index contributed by atoms with van der Waals surface area (Å²) in [7, 11) is 0. The van der Waals surface area contributed by atoms with Crippen LogP contribution in [0.5, 0.6) is 5.75 Å². The molecule has 4 N–H and O–H groups in total. The van der Waals surface area contributed by atoms with Crippen molar-refractivity contribution in [3.63, 3.8) is 0 Å². The monoisotopic (exact) mass is 272 g/mol. The zero-order valence-corrected chi connectivity index (χ0v) is 11.5. The first-order chi connectivity index (χ1) is 9.56. The van der Waals surface area contributed by atoms with Gasteiger partial charge in [-0.05, 0) is 43.2 Å². The minimum atomic E-state index is -0.659. The number of allylic oxidation sites excluding steroid dienone is 4. The van der Waals surface area contributed by atoms with Crippen LogP contribution in [0.15, 0.2) is 60.8 Å². The Hall–Kier alpha value is -2.33. The number of nitrogens with one attached hydrogen (secondary N) is 1. The van der Waals surface area contributed by atoms with Gasteiger partial charge in [-0.3, -0.25) is 4.79 Å². The molecule has 4 nitrogen and oxygen atoms in total. The smallest absolute Gasteiger partial charge is 0.241 e. The van der Waals surface area contributed by atoms with Gasteiger partial charge >= 0.3 is 0 Å². The molecule has 1 rings (SSSR count). The maximum absolute atomic E-state index is 11.9. The van der Waals surface area contributed by atoms with Crippen molar-refractivity contribution in [3.8, 4) is 5.75 Å². The number of carbonyl (C=O) groups excluding carboxylic acids is 1. The summed E-state index contributed by atoms with van der Waals surface area (Å²) in [5.74, 6) is -0.0799. The van der Waals surface area contributed by atoms with Gasteiger partial charge in [0.15, 0.2) is 0 Å². The van der Waals surface area contributed by atoms with Crippen LogP contribution in [0.3, 0.4) is 0 Å². The first kappa shape index (κ1) is 15.7. The van der Waals surface area contributed by atoms with Crippen molar-refractivity contribution in [2.45, 2.75) is 19.4 Å². The minimum absolute atomic E-state index is 0.190. The maximum atomic E-state index is 11.9. The highest BCUT2D eigenvalue weighted by Gasteiger charge is 2.14. The van der Waals surface area contributed by atoms with Crippen molar-refractivity contribution in [1.29, 1.82) is 0 Å². The van der Waals surface area contributed by atoms with E-state index in [9.17, 15) is 9.90 Å². The summed E-state index contributed by atoms with van der Waals surface area (Å²) in [6.07, 6.45) is 7.37. The fourth-order valence-corrected chi connectivity index (χ4v) is 1.57. The lowest BCUT2D eigenvalue weighted by molar-refractivity contribution is -0.121.